The molecule has 1 fully saturated rings. The Hall–Kier alpha value is -0.830. The minimum Gasteiger partial charge on any atom is -0.481 e. The molecule has 1 saturated heterocycles. The lowest BCUT2D eigenvalue weighted by molar-refractivity contribution is -0.138. The van der Waals surface area contributed by atoms with Crippen molar-refractivity contribution in [3.05, 3.63) is 12.2 Å². The topological polar surface area (TPSA) is 46.5 Å². The van der Waals surface area contributed by atoms with Crippen molar-refractivity contribution in [1.82, 2.24) is 0 Å². The highest BCUT2D eigenvalue weighted by molar-refractivity contribution is 5.67. The monoisotopic (exact) mass is 154 g/mol. The van der Waals surface area contributed by atoms with E-state index in [4.69, 9.17) is 9.84 Å². The fourth-order valence-electron chi connectivity index (χ4n) is 1.78. The fraction of sp³-hybridized carbons (Fsp3) is 0.625. The fourth-order valence-corrected chi connectivity index (χ4v) is 1.78. The molecule has 0 radical (unpaired) electrons. The summed E-state index contributed by atoms with van der Waals surface area (Å²) in [6, 6.07) is 0. The van der Waals surface area contributed by atoms with Gasteiger partial charge in [0, 0.05) is 5.92 Å². The maximum atomic E-state index is 10.4. The number of aliphatic carboxylic acids is 1. The van der Waals surface area contributed by atoms with Gasteiger partial charge in [-0.1, -0.05) is 12.2 Å². The molecular formula is C8H10O3. The quantitative estimate of drug-likeness (QED) is 0.598. The van der Waals surface area contributed by atoms with Crippen LogP contribution in [-0.2, 0) is 9.53 Å². The third-order valence-corrected chi connectivity index (χ3v) is 2.28. The molecule has 0 spiro atoms. The third-order valence-electron chi connectivity index (χ3n) is 2.28. The Morgan fingerprint density at radius 1 is 1.64 bits per heavy atom. The Balaban J connectivity index is 1.98. The van der Waals surface area contributed by atoms with E-state index in [1.807, 2.05) is 12.2 Å². The molecule has 3 heteroatoms. The Kier molecular flexibility index (Phi) is 1.46. The first-order valence-electron chi connectivity index (χ1n) is 3.81. The largest absolute Gasteiger partial charge is 0.481 e. The van der Waals surface area contributed by atoms with Crippen molar-refractivity contribution in [3.8, 4) is 0 Å². The number of carboxylic acid groups (broad SMARTS) is 1. The lowest BCUT2D eigenvalue weighted by Gasteiger charge is -2.11. The molecule has 2 heterocycles. The third kappa shape index (κ3) is 1.16. The molecule has 0 saturated carbocycles. The summed E-state index contributed by atoms with van der Waals surface area (Å²) in [4.78, 5) is 10.4. The van der Waals surface area contributed by atoms with Gasteiger partial charge in [0.05, 0.1) is 18.6 Å². The van der Waals surface area contributed by atoms with Gasteiger partial charge in [0.15, 0.2) is 0 Å². The molecular weight excluding hydrogens is 144 g/mol. The highest BCUT2D eigenvalue weighted by Gasteiger charge is 2.37. The highest BCUT2D eigenvalue weighted by Crippen LogP contribution is 2.35. The van der Waals surface area contributed by atoms with Crippen LogP contribution in [0.1, 0.15) is 12.8 Å². The molecule has 3 atom stereocenters. The number of fused-ring (bicyclic) bond motifs is 2. The van der Waals surface area contributed by atoms with Crippen LogP contribution in [-0.4, -0.2) is 23.3 Å². The van der Waals surface area contributed by atoms with Crippen molar-refractivity contribution in [2.45, 2.75) is 25.0 Å². The second kappa shape index (κ2) is 2.34. The molecule has 1 N–H and O–H groups in total. The van der Waals surface area contributed by atoms with Crippen molar-refractivity contribution in [2.75, 3.05) is 0 Å². The van der Waals surface area contributed by atoms with Crippen LogP contribution in [0.4, 0.5) is 0 Å². The first-order valence-corrected chi connectivity index (χ1v) is 3.81. The summed E-state index contributed by atoms with van der Waals surface area (Å²) >= 11 is 0. The number of rotatable bonds is 2. The van der Waals surface area contributed by atoms with E-state index in [1.165, 1.54) is 0 Å². The number of carboxylic acids is 1. The van der Waals surface area contributed by atoms with Crippen LogP contribution in [0.25, 0.3) is 0 Å². The van der Waals surface area contributed by atoms with Gasteiger partial charge in [-0.15, -0.1) is 0 Å². The summed E-state index contributed by atoms with van der Waals surface area (Å²) in [6.45, 7) is 0. The molecule has 0 aliphatic carbocycles. The van der Waals surface area contributed by atoms with E-state index in [1.54, 1.807) is 0 Å². The van der Waals surface area contributed by atoms with Gasteiger partial charge in [-0.05, 0) is 6.42 Å². The number of carbonyl (C=O) groups is 1. The van der Waals surface area contributed by atoms with E-state index < -0.39 is 5.97 Å². The predicted molar refractivity (Wildman–Crippen MR) is 38.2 cm³/mol. The molecule has 3 nitrogen and oxygen atoms in total. The van der Waals surface area contributed by atoms with E-state index >= 15 is 0 Å². The standard InChI is InChI=1S/C8H10O3/c9-8(10)4-5-3-6-1-2-7(5)11-6/h1-2,5-7H,3-4H2,(H,9,10)/t5-,6-,7+/m0/s1. The summed E-state index contributed by atoms with van der Waals surface area (Å²) in [5.41, 5.74) is 0. The summed E-state index contributed by atoms with van der Waals surface area (Å²) in [5, 5.41) is 8.52. The van der Waals surface area contributed by atoms with Gasteiger partial charge in [0.25, 0.3) is 0 Å². The molecule has 0 aromatic carbocycles. The molecule has 11 heavy (non-hydrogen) atoms. The van der Waals surface area contributed by atoms with Crippen LogP contribution < -0.4 is 0 Å². The van der Waals surface area contributed by atoms with Crippen LogP contribution in [0.15, 0.2) is 12.2 Å². The van der Waals surface area contributed by atoms with Gasteiger partial charge < -0.3 is 9.84 Å². The molecule has 2 bridgehead atoms. The molecule has 2 aliphatic rings. The molecule has 0 unspecified atom stereocenters. The number of hydrogen-bond donors (Lipinski definition) is 1. The average Bonchev–Trinajstić information content (AvgIpc) is 2.45. The van der Waals surface area contributed by atoms with E-state index in [0.29, 0.717) is 0 Å². The zero-order valence-electron chi connectivity index (χ0n) is 6.06. The van der Waals surface area contributed by atoms with E-state index in [-0.39, 0.29) is 24.5 Å². The first-order chi connectivity index (χ1) is 5.25. The molecule has 0 aromatic rings. The second-order valence-corrected chi connectivity index (χ2v) is 3.12. The summed E-state index contributed by atoms with van der Waals surface area (Å²) in [7, 11) is 0. The van der Waals surface area contributed by atoms with Crippen LogP contribution in [0.3, 0.4) is 0 Å². The summed E-state index contributed by atoms with van der Waals surface area (Å²) < 4.78 is 5.41. The van der Waals surface area contributed by atoms with Crippen molar-refractivity contribution in [3.63, 3.8) is 0 Å². The smallest absolute Gasteiger partial charge is 0.303 e. The van der Waals surface area contributed by atoms with Crippen molar-refractivity contribution in [2.24, 2.45) is 5.92 Å². The summed E-state index contributed by atoms with van der Waals surface area (Å²) in [6.07, 6.45) is 5.39. The van der Waals surface area contributed by atoms with E-state index in [9.17, 15) is 4.79 Å². The normalized spacial score (nSPS) is 39.8. The van der Waals surface area contributed by atoms with Gasteiger partial charge in [-0.25, -0.2) is 0 Å². The van der Waals surface area contributed by atoms with Gasteiger partial charge in [-0.3, -0.25) is 4.79 Å². The maximum Gasteiger partial charge on any atom is 0.303 e. The van der Waals surface area contributed by atoms with Crippen molar-refractivity contribution in [1.29, 1.82) is 0 Å². The van der Waals surface area contributed by atoms with Crippen LogP contribution in [0.5, 0.6) is 0 Å². The van der Waals surface area contributed by atoms with Crippen molar-refractivity contribution >= 4 is 5.97 Å². The van der Waals surface area contributed by atoms with Gasteiger partial charge in [0.1, 0.15) is 0 Å². The van der Waals surface area contributed by atoms with Gasteiger partial charge >= 0.3 is 5.97 Å². The number of ether oxygens (including phenoxy) is 1. The zero-order chi connectivity index (χ0) is 7.84. The van der Waals surface area contributed by atoms with Crippen LogP contribution >= 0.6 is 0 Å². The Bertz CT molecular complexity index is 209. The SMILES string of the molecule is O=C(O)C[C@@H]1C[C@@H]2C=C[C@H]1O2. The second-order valence-electron chi connectivity index (χ2n) is 3.12. The van der Waals surface area contributed by atoms with Crippen LogP contribution in [0, 0.1) is 5.92 Å². The molecule has 0 aromatic heterocycles. The zero-order valence-corrected chi connectivity index (χ0v) is 6.06. The summed E-state index contributed by atoms with van der Waals surface area (Å²) in [5.74, 6) is -0.512. The molecule has 0 amide bonds. The maximum absolute atomic E-state index is 10.4. The lowest BCUT2D eigenvalue weighted by Crippen LogP contribution is -2.16. The van der Waals surface area contributed by atoms with Gasteiger partial charge in [0.2, 0.25) is 0 Å². The van der Waals surface area contributed by atoms with E-state index in [2.05, 4.69) is 0 Å². The predicted octanol–water partition coefficient (Wildman–Crippen LogP) is 0.805. The lowest BCUT2D eigenvalue weighted by atomic mass is 9.92. The van der Waals surface area contributed by atoms with Crippen LogP contribution in [0.2, 0.25) is 0 Å². The Morgan fingerprint density at radius 3 is 2.91 bits per heavy atom. The Morgan fingerprint density at radius 2 is 2.45 bits per heavy atom. The average molecular weight is 154 g/mol. The molecule has 2 aliphatic heterocycles. The highest BCUT2D eigenvalue weighted by atomic mass is 16.5. The first kappa shape index (κ1) is 6.85. The van der Waals surface area contributed by atoms with Gasteiger partial charge in [-0.2, -0.15) is 0 Å². The van der Waals surface area contributed by atoms with E-state index in [0.717, 1.165) is 6.42 Å². The Labute approximate surface area is 64.7 Å². The number of hydrogen-bond acceptors (Lipinski definition) is 2. The van der Waals surface area contributed by atoms with Crippen molar-refractivity contribution < 1.29 is 14.6 Å². The minimum absolute atomic E-state index is 0.0797. The molecule has 2 rings (SSSR count). The molecule has 60 valence electrons. The minimum atomic E-state index is -0.723.